The molecule has 4 heteroatoms. The van der Waals surface area contributed by atoms with Gasteiger partial charge in [0.1, 0.15) is 12.9 Å². The zero-order valence-corrected chi connectivity index (χ0v) is 9.90. The number of benzene rings is 1. The average Bonchev–Trinajstić information content (AvgIpc) is 2.77. The van der Waals surface area contributed by atoms with Crippen molar-refractivity contribution >= 4 is 6.29 Å². The standard InChI is InChI=1S/C13H16O4/c1-2-3-10-6-12-13(17-9-16-12)7-11(10)8-15-5-4-14/h4,6-7H,2-3,5,8-9H2,1H3. The number of ether oxygens (including phenoxy) is 3. The van der Waals surface area contributed by atoms with Crippen molar-refractivity contribution in [1.82, 2.24) is 0 Å². The molecule has 92 valence electrons. The normalized spacial score (nSPS) is 12.8. The van der Waals surface area contributed by atoms with E-state index < -0.39 is 0 Å². The third-order valence-corrected chi connectivity index (χ3v) is 2.66. The highest BCUT2D eigenvalue weighted by atomic mass is 16.7. The van der Waals surface area contributed by atoms with Gasteiger partial charge >= 0.3 is 0 Å². The fourth-order valence-electron chi connectivity index (χ4n) is 1.88. The van der Waals surface area contributed by atoms with E-state index in [9.17, 15) is 4.79 Å². The third kappa shape index (κ3) is 2.77. The van der Waals surface area contributed by atoms with Gasteiger partial charge in [0.15, 0.2) is 11.5 Å². The van der Waals surface area contributed by atoms with Crippen LogP contribution in [0.5, 0.6) is 11.5 Å². The summed E-state index contributed by atoms with van der Waals surface area (Å²) in [5.41, 5.74) is 2.26. The highest BCUT2D eigenvalue weighted by molar-refractivity contribution is 5.51. The maximum Gasteiger partial charge on any atom is 0.231 e. The van der Waals surface area contributed by atoms with Crippen LogP contribution >= 0.6 is 0 Å². The van der Waals surface area contributed by atoms with Crippen molar-refractivity contribution in [2.45, 2.75) is 26.4 Å². The maximum absolute atomic E-state index is 10.2. The molecule has 0 N–H and O–H groups in total. The van der Waals surface area contributed by atoms with Gasteiger partial charge in [-0.2, -0.15) is 0 Å². The van der Waals surface area contributed by atoms with E-state index in [0.29, 0.717) is 6.61 Å². The largest absolute Gasteiger partial charge is 0.454 e. The molecule has 1 aliphatic heterocycles. The second-order valence-corrected chi connectivity index (χ2v) is 3.91. The van der Waals surface area contributed by atoms with Gasteiger partial charge in [0.25, 0.3) is 0 Å². The Morgan fingerprint density at radius 2 is 2.00 bits per heavy atom. The van der Waals surface area contributed by atoms with E-state index in [-0.39, 0.29) is 13.4 Å². The van der Waals surface area contributed by atoms with Crippen molar-refractivity contribution in [3.05, 3.63) is 23.3 Å². The van der Waals surface area contributed by atoms with Crippen molar-refractivity contribution in [3.8, 4) is 11.5 Å². The van der Waals surface area contributed by atoms with Gasteiger partial charge in [-0.25, -0.2) is 0 Å². The Morgan fingerprint density at radius 1 is 1.29 bits per heavy atom. The molecule has 0 radical (unpaired) electrons. The van der Waals surface area contributed by atoms with Crippen LogP contribution in [0.3, 0.4) is 0 Å². The van der Waals surface area contributed by atoms with E-state index in [0.717, 1.165) is 36.2 Å². The zero-order valence-electron chi connectivity index (χ0n) is 9.90. The van der Waals surface area contributed by atoms with Gasteiger partial charge in [0.2, 0.25) is 6.79 Å². The van der Waals surface area contributed by atoms with E-state index in [2.05, 4.69) is 6.92 Å². The molecule has 17 heavy (non-hydrogen) atoms. The molecule has 0 fully saturated rings. The molecule has 0 unspecified atom stereocenters. The molecule has 0 amide bonds. The topological polar surface area (TPSA) is 44.8 Å². The lowest BCUT2D eigenvalue weighted by Gasteiger charge is -2.10. The summed E-state index contributed by atoms with van der Waals surface area (Å²) in [5, 5.41) is 0. The molecule has 1 heterocycles. The lowest BCUT2D eigenvalue weighted by atomic mass is 10.0. The Hall–Kier alpha value is -1.55. The van der Waals surface area contributed by atoms with E-state index in [1.54, 1.807) is 0 Å². The number of aryl methyl sites for hydroxylation is 1. The van der Waals surface area contributed by atoms with Gasteiger partial charge in [-0.3, -0.25) is 0 Å². The van der Waals surface area contributed by atoms with Crippen LogP contribution < -0.4 is 9.47 Å². The smallest absolute Gasteiger partial charge is 0.231 e. The average molecular weight is 236 g/mol. The lowest BCUT2D eigenvalue weighted by molar-refractivity contribution is -0.112. The van der Waals surface area contributed by atoms with Crippen LogP contribution in [0.15, 0.2) is 12.1 Å². The zero-order chi connectivity index (χ0) is 12.1. The first-order valence-corrected chi connectivity index (χ1v) is 5.78. The Bertz CT molecular complexity index is 401. The maximum atomic E-state index is 10.2. The van der Waals surface area contributed by atoms with Crippen LogP contribution in [-0.4, -0.2) is 19.7 Å². The quantitative estimate of drug-likeness (QED) is 0.560. The monoisotopic (exact) mass is 236 g/mol. The first-order chi connectivity index (χ1) is 8.35. The summed E-state index contributed by atoms with van der Waals surface area (Å²) in [5.74, 6) is 1.56. The second kappa shape index (κ2) is 5.68. The predicted molar refractivity (Wildman–Crippen MR) is 62.3 cm³/mol. The minimum atomic E-state index is 0.125. The molecule has 1 aromatic carbocycles. The van der Waals surface area contributed by atoms with E-state index in [4.69, 9.17) is 14.2 Å². The molecule has 0 spiro atoms. The molecule has 0 aromatic heterocycles. The van der Waals surface area contributed by atoms with Crippen LogP contribution in [-0.2, 0) is 22.6 Å². The fourth-order valence-corrected chi connectivity index (χ4v) is 1.88. The van der Waals surface area contributed by atoms with Crippen LogP contribution in [0.2, 0.25) is 0 Å². The van der Waals surface area contributed by atoms with Crippen LogP contribution in [0.25, 0.3) is 0 Å². The van der Waals surface area contributed by atoms with Gasteiger partial charge in [0, 0.05) is 0 Å². The Morgan fingerprint density at radius 3 is 2.65 bits per heavy atom. The summed E-state index contributed by atoms with van der Waals surface area (Å²) in [4.78, 5) is 10.2. The summed E-state index contributed by atoms with van der Waals surface area (Å²) in [6.07, 6.45) is 2.78. The highest BCUT2D eigenvalue weighted by Gasteiger charge is 2.16. The first kappa shape index (κ1) is 11.9. The van der Waals surface area contributed by atoms with Crippen LogP contribution in [0, 0.1) is 0 Å². The first-order valence-electron chi connectivity index (χ1n) is 5.78. The number of hydrogen-bond donors (Lipinski definition) is 0. The van der Waals surface area contributed by atoms with Crippen LogP contribution in [0.4, 0.5) is 0 Å². The molecule has 4 nitrogen and oxygen atoms in total. The van der Waals surface area contributed by atoms with E-state index >= 15 is 0 Å². The molecule has 0 aliphatic carbocycles. The molecule has 2 rings (SSSR count). The van der Waals surface area contributed by atoms with Crippen molar-refractivity contribution in [3.63, 3.8) is 0 Å². The molecule has 0 saturated carbocycles. The van der Waals surface area contributed by atoms with Crippen molar-refractivity contribution in [1.29, 1.82) is 0 Å². The molecule has 1 aromatic rings. The number of carbonyl (C=O) groups excluding carboxylic acids is 1. The highest BCUT2D eigenvalue weighted by Crippen LogP contribution is 2.35. The van der Waals surface area contributed by atoms with Crippen LogP contribution in [0.1, 0.15) is 24.5 Å². The lowest BCUT2D eigenvalue weighted by Crippen LogP contribution is -2.00. The molecule has 0 bridgehead atoms. The van der Waals surface area contributed by atoms with Crippen molar-refractivity contribution < 1.29 is 19.0 Å². The SMILES string of the molecule is CCCc1cc2c(cc1COCC=O)OCO2. The number of carbonyl (C=O) groups is 1. The summed E-state index contributed by atoms with van der Waals surface area (Å²) in [7, 11) is 0. The van der Waals surface area contributed by atoms with Gasteiger partial charge in [-0.1, -0.05) is 13.3 Å². The Balaban J connectivity index is 2.18. The second-order valence-electron chi connectivity index (χ2n) is 3.91. The van der Waals surface area contributed by atoms with Gasteiger partial charge < -0.3 is 19.0 Å². The Kier molecular flexibility index (Phi) is 3.98. The van der Waals surface area contributed by atoms with Crippen molar-refractivity contribution in [2.24, 2.45) is 0 Å². The van der Waals surface area contributed by atoms with Crippen molar-refractivity contribution in [2.75, 3.05) is 13.4 Å². The van der Waals surface area contributed by atoms with E-state index in [1.165, 1.54) is 5.56 Å². The fraction of sp³-hybridized carbons (Fsp3) is 0.462. The summed E-state index contributed by atoms with van der Waals surface area (Å²) in [6, 6.07) is 3.95. The molecule has 1 aliphatic rings. The molecule has 0 atom stereocenters. The molecular weight excluding hydrogens is 220 g/mol. The number of rotatable bonds is 6. The van der Waals surface area contributed by atoms with Gasteiger partial charge in [-0.15, -0.1) is 0 Å². The number of fused-ring (bicyclic) bond motifs is 1. The minimum Gasteiger partial charge on any atom is -0.454 e. The number of aldehydes is 1. The summed E-state index contributed by atoms with van der Waals surface area (Å²) >= 11 is 0. The van der Waals surface area contributed by atoms with Gasteiger partial charge in [0.05, 0.1) is 6.61 Å². The van der Waals surface area contributed by atoms with E-state index in [1.807, 2.05) is 12.1 Å². The number of hydrogen-bond acceptors (Lipinski definition) is 4. The minimum absolute atomic E-state index is 0.125. The third-order valence-electron chi connectivity index (χ3n) is 2.66. The summed E-state index contributed by atoms with van der Waals surface area (Å²) in [6.45, 7) is 2.96. The molecule has 0 saturated heterocycles. The Labute approximate surface area is 100 Å². The molecular formula is C13H16O4. The van der Waals surface area contributed by atoms with Gasteiger partial charge in [-0.05, 0) is 29.7 Å². The predicted octanol–water partition coefficient (Wildman–Crippen LogP) is 2.08. The summed E-state index contributed by atoms with van der Waals surface area (Å²) < 4.78 is 15.9.